The number of hydrogen-bond donors (Lipinski definition) is 0. The van der Waals surface area contributed by atoms with Gasteiger partial charge in [-0.1, -0.05) is 13.8 Å². The van der Waals surface area contributed by atoms with Crippen LogP contribution in [-0.4, -0.2) is 48.1 Å². The van der Waals surface area contributed by atoms with E-state index in [-0.39, 0.29) is 0 Å². The molecule has 0 saturated carbocycles. The average Bonchev–Trinajstić information content (AvgIpc) is 2.46. The second kappa shape index (κ2) is 8.15. The van der Waals surface area contributed by atoms with Gasteiger partial charge in [0.15, 0.2) is 0 Å². The summed E-state index contributed by atoms with van der Waals surface area (Å²) in [5.41, 5.74) is 0.368. The highest BCUT2D eigenvalue weighted by molar-refractivity contribution is 4.83. The summed E-state index contributed by atoms with van der Waals surface area (Å²) in [4.78, 5) is 5.39. The predicted molar refractivity (Wildman–Crippen MR) is 97.3 cm³/mol. The quantitative estimate of drug-likeness (QED) is 0.729. The summed E-state index contributed by atoms with van der Waals surface area (Å²) in [6.07, 6.45) is 8.66. The van der Waals surface area contributed by atoms with E-state index >= 15 is 0 Å². The van der Waals surface area contributed by atoms with E-state index in [1.54, 1.807) is 0 Å². The fraction of sp³-hybridized carbons (Fsp3) is 1.00. The van der Waals surface area contributed by atoms with Gasteiger partial charge in [-0.25, -0.2) is 0 Å². The van der Waals surface area contributed by atoms with Gasteiger partial charge in [0.05, 0.1) is 0 Å². The minimum atomic E-state index is 0.368. The van der Waals surface area contributed by atoms with Crippen molar-refractivity contribution in [1.29, 1.82) is 0 Å². The van der Waals surface area contributed by atoms with E-state index in [1.807, 2.05) is 0 Å². The van der Waals surface area contributed by atoms with Gasteiger partial charge in [-0.05, 0) is 110 Å². The van der Waals surface area contributed by atoms with E-state index < -0.39 is 0 Å². The van der Waals surface area contributed by atoms with Crippen molar-refractivity contribution in [3.8, 4) is 0 Å². The lowest BCUT2D eigenvalue weighted by Crippen LogP contribution is -2.46. The van der Waals surface area contributed by atoms with Crippen molar-refractivity contribution < 1.29 is 0 Å². The van der Waals surface area contributed by atoms with Gasteiger partial charge >= 0.3 is 0 Å². The first-order valence-corrected chi connectivity index (χ1v) is 9.82. The molecule has 22 heavy (non-hydrogen) atoms. The second-order valence-electron chi connectivity index (χ2n) is 9.30. The fourth-order valence-corrected chi connectivity index (χ4v) is 4.20. The summed E-state index contributed by atoms with van der Waals surface area (Å²) in [5.74, 6) is 2.87. The van der Waals surface area contributed by atoms with E-state index in [4.69, 9.17) is 0 Å². The van der Waals surface area contributed by atoms with Gasteiger partial charge in [0.1, 0.15) is 0 Å². The van der Waals surface area contributed by atoms with Crippen LogP contribution in [0.25, 0.3) is 0 Å². The first-order chi connectivity index (χ1) is 10.3. The van der Waals surface area contributed by atoms with Crippen LogP contribution >= 0.6 is 0 Å². The molecule has 2 fully saturated rings. The van der Waals surface area contributed by atoms with Crippen molar-refractivity contribution in [3.63, 3.8) is 0 Å². The SMILES string of the molecule is CC(C)CCN1CCC(CC2CCN(C(C)(C)C)CC2)CC1. The first-order valence-electron chi connectivity index (χ1n) is 9.82. The molecular weight excluding hydrogens is 268 g/mol. The number of piperidine rings is 2. The van der Waals surface area contributed by atoms with Gasteiger partial charge in [-0.15, -0.1) is 0 Å². The highest BCUT2D eigenvalue weighted by atomic mass is 15.2. The largest absolute Gasteiger partial charge is 0.303 e. The highest BCUT2D eigenvalue weighted by Crippen LogP contribution is 2.31. The Morgan fingerprint density at radius 3 is 1.82 bits per heavy atom. The Morgan fingerprint density at radius 1 is 0.864 bits per heavy atom. The van der Waals surface area contributed by atoms with E-state index in [2.05, 4.69) is 44.4 Å². The van der Waals surface area contributed by atoms with E-state index in [0.717, 1.165) is 17.8 Å². The Bertz CT molecular complexity index is 302. The maximum Gasteiger partial charge on any atom is 0.0125 e. The fourth-order valence-electron chi connectivity index (χ4n) is 4.20. The van der Waals surface area contributed by atoms with Crippen molar-refractivity contribution in [3.05, 3.63) is 0 Å². The van der Waals surface area contributed by atoms with Crippen molar-refractivity contribution in [2.75, 3.05) is 32.7 Å². The van der Waals surface area contributed by atoms with E-state index in [0.29, 0.717) is 5.54 Å². The molecule has 2 heterocycles. The van der Waals surface area contributed by atoms with Crippen LogP contribution in [0.5, 0.6) is 0 Å². The number of rotatable bonds is 5. The predicted octanol–water partition coefficient (Wildman–Crippen LogP) is 4.65. The zero-order valence-electron chi connectivity index (χ0n) is 15.9. The molecule has 0 aromatic rings. The van der Waals surface area contributed by atoms with Crippen LogP contribution < -0.4 is 0 Å². The van der Waals surface area contributed by atoms with Crippen molar-refractivity contribution >= 4 is 0 Å². The molecule has 0 bridgehead atoms. The Balaban J connectivity index is 1.63. The molecule has 0 N–H and O–H groups in total. The van der Waals surface area contributed by atoms with Crippen molar-refractivity contribution in [1.82, 2.24) is 9.80 Å². The standard InChI is InChI=1S/C20H40N2/c1-17(2)6-11-21-12-7-18(8-13-21)16-19-9-14-22(15-10-19)20(3,4)5/h17-19H,6-16H2,1-5H3. The molecule has 2 saturated heterocycles. The molecule has 0 aromatic carbocycles. The third kappa shape index (κ3) is 5.85. The van der Waals surface area contributed by atoms with Crippen LogP contribution in [0.2, 0.25) is 0 Å². The molecule has 0 amide bonds. The topological polar surface area (TPSA) is 6.48 Å². The minimum Gasteiger partial charge on any atom is -0.303 e. The van der Waals surface area contributed by atoms with Crippen LogP contribution in [0.4, 0.5) is 0 Å². The zero-order valence-corrected chi connectivity index (χ0v) is 15.9. The van der Waals surface area contributed by atoms with Gasteiger partial charge in [0.25, 0.3) is 0 Å². The lowest BCUT2D eigenvalue weighted by molar-refractivity contribution is 0.0740. The molecule has 0 radical (unpaired) electrons. The van der Waals surface area contributed by atoms with Gasteiger partial charge in [-0.2, -0.15) is 0 Å². The number of hydrogen-bond acceptors (Lipinski definition) is 2. The summed E-state index contributed by atoms with van der Waals surface area (Å²) in [5, 5.41) is 0. The second-order valence-corrected chi connectivity index (χ2v) is 9.30. The van der Waals surface area contributed by atoms with Crippen LogP contribution in [0.1, 0.15) is 73.1 Å². The van der Waals surface area contributed by atoms with Crippen molar-refractivity contribution in [2.24, 2.45) is 17.8 Å². The van der Waals surface area contributed by atoms with Gasteiger partial charge in [-0.3, -0.25) is 4.90 Å². The molecule has 2 rings (SSSR count). The molecule has 130 valence electrons. The molecular formula is C20H40N2. The van der Waals surface area contributed by atoms with E-state index in [1.165, 1.54) is 71.2 Å². The third-order valence-electron chi connectivity index (χ3n) is 5.96. The molecule has 0 unspecified atom stereocenters. The Kier molecular flexibility index (Phi) is 6.76. The van der Waals surface area contributed by atoms with Crippen LogP contribution in [0.15, 0.2) is 0 Å². The number of nitrogens with zero attached hydrogens (tertiary/aromatic N) is 2. The summed E-state index contributed by atoms with van der Waals surface area (Å²) < 4.78 is 0. The molecule has 2 heteroatoms. The molecule has 0 aliphatic carbocycles. The smallest absolute Gasteiger partial charge is 0.0125 e. The lowest BCUT2D eigenvalue weighted by Gasteiger charge is -2.42. The Labute approximate surface area is 139 Å². The van der Waals surface area contributed by atoms with Crippen molar-refractivity contribution in [2.45, 2.75) is 78.7 Å². The molecule has 2 aliphatic heterocycles. The molecule has 2 nitrogen and oxygen atoms in total. The van der Waals surface area contributed by atoms with Crippen LogP contribution in [0, 0.1) is 17.8 Å². The van der Waals surface area contributed by atoms with Gasteiger partial charge < -0.3 is 4.90 Å². The maximum absolute atomic E-state index is 2.71. The zero-order chi connectivity index (χ0) is 16.2. The Morgan fingerprint density at radius 2 is 1.36 bits per heavy atom. The summed E-state index contributed by atoms with van der Waals surface area (Å²) in [6.45, 7) is 18.5. The lowest BCUT2D eigenvalue weighted by atomic mass is 9.82. The molecule has 0 atom stereocenters. The van der Waals surface area contributed by atoms with E-state index in [9.17, 15) is 0 Å². The molecule has 0 spiro atoms. The average molecular weight is 309 g/mol. The summed E-state index contributed by atoms with van der Waals surface area (Å²) in [6, 6.07) is 0. The summed E-state index contributed by atoms with van der Waals surface area (Å²) in [7, 11) is 0. The molecule has 0 aromatic heterocycles. The molecule has 2 aliphatic rings. The maximum atomic E-state index is 2.71. The first kappa shape index (κ1) is 18.3. The Hall–Kier alpha value is -0.0800. The highest BCUT2D eigenvalue weighted by Gasteiger charge is 2.29. The normalized spacial score (nSPS) is 24.3. The minimum absolute atomic E-state index is 0.368. The third-order valence-corrected chi connectivity index (χ3v) is 5.96. The van der Waals surface area contributed by atoms with Crippen LogP contribution in [0.3, 0.4) is 0 Å². The summed E-state index contributed by atoms with van der Waals surface area (Å²) >= 11 is 0. The van der Waals surface area contributed by atoms with Gasteiger partial charge in [0, 0.05) is 5.54 Å². The van der Waals surface area contributed by atoms with Gasteiger partial charge in [0.2, 0.25) is 0 Å². The number of likely N-dealkylation sites (tertiary alicyclic amines) is 2. The monoisotopic (exact) mass is 308 g/mol. The van der Waals surface area contributed by atoms with Crippen LogP contribution in [-0.2, 0) is 0 Å².